The van der Waals surface area contributed by atoms with Crippen LogP contribution in [0.2, 0.25) is 0 Å². The van der Waals surface area contributed by atoms with Crippen molar-refractivity contribution >= 4 is 27.0 Å². The van der Waals surface area contributed by atoms with Crippen molar-refractivity contribution < 1.29 is 22.3 Å². The van der Waals surface area contributed by atoms with Crippen LogP contribution in [0.1, 0.15) is 0 Å². The number of nitrogens with zero attached hydrogens (tertiary/aromatic N) is 1. The maximum absolute atomic E-state index is 12.3. The van der Waals surface area contributed by atoms with Gasteiger partial charge in [0, 0.05) is 12.1 Å². The van der Waals surface area contributed by atoms with Gasteiger partial charge in [-0.15, -0.1) is 0 Å². The Morgan fingerprint density at radius 1 is 1.44 bits per heavy atom. The number of rotatable bonds is 2. The molecule has 0 amide bonds. The van der Waals surface area contributed by atoms with Crippen molar-refractivity contribution in [2.24, 2.45) is 0 Å². The van der Waals surface area contributed by atoms with Crippen LogP contribution in [0.25, 0.3) is 11.1 Å². The lowest BCUT2D eigenvalue weighted by Gasteiger charge is -2.07. The number of ether oxygens (including phenoxy) is 1. The molecule has 0 atom stereocenters. The monoisotopic (exact) mass is 325 g/mol. The number of aromatic nitrogens is 1. The Morgan fingerprint density at radius 3 is 2.67 bits per heavy atom. The number of alkyl halides is 3. The first-order valence-corrected chi connectivity index (χ1v) is 5.55. The Balaban J connectivity index is 2.66. The van der Waals surface area contributed by atoms with Crippen molar-refractivity contribution in [1.82, 2.24) is 4.57 Å². The molecule has 1 heterocycles. The third-order valence-corrected chi connectivity index (χ3v) is 2.90. The van der Waals surface area contributed by atoms with Gasteiger partial charge in [0.25, 0.3) is 0 Å². The summed E-state index contributed by atoms with van der Waals surface area (Å²) in [7, 11) is 1.37. The van der Waals surface area contributed by atoms with E-state index in [1.54, 1.807) is 0 Å². The van der Waals surface area contributed by atoms with Crippen molar-refractivity contribution in [2.45, 2.75) is 12.7 Å². The maximum Gasteiger partial charge on any atom is 0.420 e. The highest BCUT2D eigenvalue weighted by Crippen LogP contribution is 2.30. The molecule has 1 aromatic heterocycles. The fraction of sp³-hybridized carbons (Fsp3) is 0.300. The van der Waals surface area contributed by atoms with Gasteiger partial charge in [-0.25, -0.2) is 4.79 Å². The van der Waals surface area contributed by atoms with Crippen molar-refractivity contribution in [3.8, 4) is 5.75 Å². The summed E-state index contributed by atoms with van der Waals surface area (Å²) in [5, 5.41) is 0. The minimum atomic E-state index is -4.50. The maximum atomic E-state index is 12.3. The average molecular weight is 326 g/mol. The van der Waals surface area contributed by atoms with Gasteiger partial charge in [0.05, 0.1) is 17.1 Å². The second kappa shape index (κ2) is 4.34. The van der Waals surface area contributed by atoms with Gasteiger partial charge in [0.15, 0.2) is 5.58 Å². The molecule has 0 aliphatic heterocycles. The number of fused-ring (bicyclic) bond motifs is 1. The molecule has 4 nitrogen and oxygen atoms in total. The lowest BCUT2D eigenvalue weighted by Crippen LogP contribution is -2.24. The third-order valence-electron chi connectivity index (χ3n) is 2.28. The second-order valence-corrected chi connectivity index (χ2v) is 4.38. The van der Waals surface area contributed by atoms with E-state index < -0.39 is 18.5 Å². The predicted molar refractivity (Wildman–Crippen MR) is 60.8 cm³/mol. The Kier molecular flexibility index (Phi) is 3.14. The van der Waals surface area contributed by atoms with E-state index in [-0.39, 0.29) is 11.1 Å². The van der Waals surface area contributed by atoms with Gasteiger partial charge in [-0.1, -0.05) is 0 Å². The first-order valence-electron chi connectivity index (χ1n) is 4.75. The minimum Gasteiger partial charge on any atom is -0.495 e. The largest absolute Gasteiger partial charge is 0.495 e. The molecule has 0 saturated carbocycles. The fourth-order valence-corrected chi connectivity index (χ4v) is 2.03. The summed E-state index contributed by atoms with van der Waals surface area (Å²) in [5.41, 5.74) is 0.106. The van der Waals surface area contributed by atoms with Crippen LogP contribution in [0.15, 0.2) is 25.8 Å². The van der Waals surface area contributed by atoms with Gasteiger partial charge < -0.3 is 9.15 Å². The number of hydrogen-bond donors (Lipinski definition) is 0. The predicted octanol–water partition coefficient (Wildman–Crippen LogP) is 2.93. The molecular weight excluding hydrogens is 319 g/mol. The lowest BCUT2D eigenvalue weighted by molar-refractivity contribution is -0.140. The number of oxazole rings is 1. The van der Waals surface area contributed by atoms with Crippen LogP contribution in [-0.4, -0.2) is 17.9 Å². The molecule has 0 spiro atoms. The van der Waals surface area contributed by atoms with Gasteiger partial charge in [-0.3, -0.25) is 4.57 Å². The number of halogens is 4. The molecule has 0 saturated heterocycles. The van der Waals surface area contributed by atoms with Crippen LogP contribution in [0.3, 0.4) is 0 Å². The van der Waals surface area contributed by atoms with Crippen LogP contribution in [0.4, 0.5) is 13.2 Å². The summed E-state index contributed by atoms with van der Waals surface area (Å²) in [6, 6.07) is 2.71. The van der Waals surface area contributed by atoms with Gasteiger partial charge in [0.2, 0.25) is 0 Å². The van der Waals surface area contributed by atoms with Gasteiger partial charge >= 0.3 is 11.9 Å². The smallest absolute Gasteiger partial charge is 0.420 e. The molecule has 0 unspecified atom stereocenters. The topological polar surface area (TPSA) is 44.4 Å². The van der Waals surface area contributed by atoms with Crippen LogP contribution >= 0.6 is 15.9 Å². The zero-order valence-electron chi connectivity index (χ0n) is 9.05. The normalized spacial score (nSPS) is 12.1. The summed E-state index contributed by atoms with van der Waals surface area (Å²) in [5.74, 6) is -0.735. The summed E-state index contributed by atoms with van der Waals surface area (Å²) < 4.78 is 47.8. The molecule has 0 radical (unpaired) electrons. The quantitative estimate of drug-likeness (QED) is 0.852. The standard InChI is InChI=1S/C10H7BrF3NO3/c1-17-7-3-6-8(2-5(7)11)18-9(16)15(6)4-10(12,13)14/h2-3H,4H2,1H3. The fourth-order valence-electron chi connectivity index (χ4n) is 1.55. The minimum absolute atomic E-state index is 0.0392. The molecule has 2 rings (SSSR count). The van der Waals surface area contributed by atoms with E-state index in [1.165, 1.54) is 19.2 Å². The molecule has 8 heteroatoms. The van der Waals surface area contributed by atoms with E-state index >= 15 is 0 Å². The molecule has 0 aliphatic rings. The van der Waals surface area contributed by atoms with Crippen LogP contribution < -0.4 is 10.5 Å². The molecule has 1 aromatic carbocycles. The zero-order chi connectivity index (χ0) is 13.5. The first-order chi connectivity index (χ1) is 8.31. The first kappa shape index (κ1) is 13.0. The molecule has 0 fully saturated rings. The highest BCUT2D eigenvalue weighted by atomic mass is 79.9. The number of methoxy groups -OCH3 is 1. The summed E-state index contributed by atoms with van der Waals surface area (Å²) >= 11 is 3.15. The van der Waals surface area contributed by atoms with E-state index in [0.717, 1.165) is 0 Å². The van der Waals surface area contributed by atoms with Gasteiger partial charge in [-0.05, 0) is 15.9 Å². The van der Waals surface area contributed by atoms with Crippen molar-refractivity contribution in [1.29, 1.82) is 0 Å². The van der Waals surface area contributed by atoms with Crippen molar-refractivity contribution in [3.63, 3.8) is 0 Å². The van der Waals surface area contributed by atoms with E-state index in [0.29, 0.717) is 14.8 Å². The Bertz CT molecular complexity index is 644. The number of hydrogen-bond acceptors (Lipinski definition) is 3. The van der Waals surface area contributed by atoms with E-state index in [2.05, 4.69) is 15.9 Å². The average Bonchev–Trinajstić information content (AvgIpc) is 2.52. The lowest BCUT2D eigenvalue weighted by atomic mass is 10.3. The van der Waals surface area contributed by atoms with Gasteiger partial charge in [-0.2, -0.15) is 13.2 Å². The third kappa shape index (κ3) is 2.38. The van der Waals surface area contributed by atoms with Crippen LogP contribution in [0, 0.1) is 0 Å². The highest BCUT2D eigenvalue weighted by molar-refractivity contribution is 9.10. The summed E-state index contributed by atoms with van der Waals surface area (Å²) in [6.45, 7) is -1.40. The number of benzene rings is 1. The highest BCUT2D eigenvalue weighted by Gasteiger charge is 2.30. The van der Waals surface area contributed by atoms with Gasteiger partial charge in [0.1, 0.15) is 12.3 Å². The molecule has 0 N–H and O–H groups in total. The van der Waals surface area contributed by atoms with Crippen molar-refractivity contribution in [3.05, 3.63) is 27.2 Å². The molecule has 98 valence electrons. The van der Waals surface area contributed by atoms with Crippen LogP contribution in [0.5, 0.6) is 5.75 Å². The second-order valence-electron chi connectivity index (χ2n) is 3.52. The summed E-state index contributed by atoms with van der Waals surface area (Å²) in [6.07, 6.45) is -4.50. The molecule has 2 aromatic rings. The van der Waals surface area contributed by atoms with Crippen LogP contribution in [-0.2, 0) is 6.54 Å². The molecular formula is C10H7BrF3NO3. The van der Waals surface area contributed by atoms with Crippen molar-refractivity contribution in [2.75, 3.05) is 7.11 Å². The van der Waals surface area contributed by atoms with E-state index in [4.69, 9.17) is 9.15 Å². The summed E-state index contributed by atoms with van der Waals surface area (Å²) in [4.78, 5) is 11.4. The van der Waals surface area contributed by atoms with E-state index in [9.17, 15) is 18.0 Å². The Hall–Kier alpha value is -1.44. The molecule has 0 aliphatic carbocycles. The Labute approximate surface area is 107 Å². The zero-order valence-corrected chi connectivity index (χ0v) is 10.6. The SMILES string of the molecule is COc1cc2c(cc1Br)oc(=O)n2CC(F)(F)F. The molecule has 18 heavy (non-hydrogen) atoms. The van der Waals surface area contributed by atoms with E-state index in [1.807, 2.05) is 0 Å². The molecule has 0 bridgehead atoms. The Morgan fingerprint density at radius 2 is 2.11 bits per heavy atom.